The molecule has 0 saturated heterocycles. The maximum absolute atomic E-state index is 13.0. The van der Waals surface area contributed by atoms with E-state index < -0.39 is 34.2 Å². The normalized spacial score (nSPS) is 15.1. The summed E-state index contributed by atoms with van der Waals surface area (Å²) in [6, 6.07) is 9.60. The molecule has 1 atom stereocenters. The average molecular weight is 455 g/mol. The van der Waals surface area contributed by atoms with Crippen LogP contribution in [0.25, 0.3) is 0 Å². The van der Waals surface area contributed by atoms with E-state index >= 15 is 0 Å². The van der Waals surface area contributed by atoms with Gasteiger partial charge in [0, 0.05) is 0 Å². The second-order valence-corrected chi connectivity index (χ2v) is 9.75. The molecule has 168 valence electrons. The van der Waals surface area contributed by atoms with Gasteiger partial charge < -0.3 is 5.32 Å². The Balaban J connectivity index is 1.76. The van der Waals surface area contributed by atoms with Crippen molar-refractivity contribution < 1.29 is 26.4 Å². The largest absolute Gasteiger partial charge is 0.416 e. The molecule has 0 spiro atoms. The molecular weight excluding hydrogens is 429 g/mol. The van der Waals surface area contributed by atoms with Gasteiger partial charge in [-0.15, -0.1) is 0 Å². The smallest absolute Gasteiger partial charge is 0.348 e. The molecule has 9 heteroatoms. The first-order valence-corrected chi connectivity index (χ1v) is 11.9. The van der Waals surface area contributed by atoms with E-state index in [-0.39, 0.29) is 11.7 Å². The lowest BCUT2D eigenvalue weighted by molar-refractivity contribution is -0.137. The van der Waals surface area contributed by atoms with Crippen LogP contribution in [-0.2, 0) is 33.8 Å². The van der Waals surface area contributed by atoms with Crippen LogP contribution in [0.5, 0.6) is 0 Å². The van der Waals surface area contributed by atoms with Crippen molar-refractivity contribution in [2.75, 3.05) is 17.1 Å². The average Bonchev–Trinajstić information content (AvgIpc) is 2.70. The number of carbonyl (C=O) groups is 1. The van der Waals surface area contributed by atoms with Crippen molar-refractivity contribution in [2.45, 2.75) is 44.8 Å². The van der Waals surface area contributed by atoms with E-state index in [2.05, 4.69) is 17.4 Å². The number of halogens is 3. The third-order valence-corrected chi connectivity index (χ3v) is 6.54. The SMILES string of the molecule is C[C@H](NC(=O)CN(c1cccc(C(F)(F)F)c1)S(C)(=O)=O)c1ccc2c(c1)CCCC2. The number of sulfonamides is 1. The van der Waals surface area contributed by atoms with Crippen LogP contribution in [-0.4, -0.2) is 27.1 Å². The Morgan fingerprint density at radius 2 is 1.77 bits per heavy atom. The molecule has 0 aliphatic heterocycles. The molecule has 5 nitrogen and oxygen atoms in total. The van der Waals surface area contributed by atoms with Crippen LogP contribution in [0, 0.1) is 0 Å². The number of nitrogens with zero attached hydrogens (tertiary/aromatic N) is 1. The molecule has 0 fully saturated rings. The highest BCUT2D eigenvalue weighted by atomic mass is 32.2. The summed E-state index contributed by atoms with van der Waals surface area (Å²) in [6.45, 7) is 1.17. The summed E-state index contributed by atoms with van der Waals surface area (Å²) in [5.41, 5.74) is 2.27. The Hall–Kier alpha value is -2.55. The van der Waals surface area contributed by atoms with Crippen LogP contribution in [0.3, 0.4) is 0 Å². The minimum atomic E-state index is -4.62. The van der Waals surface area contributed by atoms with Crippen molar-refractivity contribution in [1.82, 2.24) is 5.32 Å². The summed E-state index contributed by atoms with van der Waals surface area (Å²) in [5, 5.41) is 2.75. The lowest BCUT2D eigenvalue weighted by Gasteiger charge is -2.24. The lowest BCUT2D eigenvalue weighted by Crippen LogP contribution is -2.41. The van der Waals surface area contributed by atoms with Crippen molar-refractivity contribution >= 4 is 21.6 Å². The number of hydrogen-bond donors (Lipinski definition) is 1. The van der Waals surface area contributed by atoms with Crippen molar-refractivity contribution in [3.8, 4) is 0 Å². The fourth-order valence-electron chi connectivity index (χ4n) is 3.76. The highest BCUT2D eigenvalue weighted by Crippen LogP contribution is 2.32. The predicted molar refractivity (Wildman–Crippen MR) is 113 cm³/mol. The highest BCUT2D eigenvalue weighted by molar-refractivity contribution is 7.92. The van der Waals surface area contributed by atoms with E-state index in [0.717, 1.165) is 55.7 Å². The minimum absolute atomic E-state index is 0.214. The second-order valence-electron chi connectivity index (χ2n) is 7.84. The second kappa shape index (κ2) is 8.90. The number of nitrogens with one attached hydrogen (secondary N) is 1. The van der Waals surface area contributed by atoms with Crippen molar-refractivity contribution in [1.29, 1.82) is 0 Å². The first-order valence-electron chi connectivity index (χ1n) is 10.0. The number of hydrogen-bond acceptors (Lipinski definition) is 3. The van der Waals surface area contributed by atoms with E-state index in [1.807, 2.05) is 6.07 Å². The molecule has 2 aromatic rings. The van der Waals surface area contributed by atoms with E-state index in [0.29, 0.717) is 4.31 Å². The van der Waals surface area contributed by atoms with Crippen LogP contribution in [0.1, 0.15) is 48.1 Å². The molecular formula is C22H25F3N2O3S. The monoisotopic (exact) mass is 454 g/mol. The number of alkyl halides is 3. The molecule has 1 amide bonds. The number of aryl methyl sites for hydroxylation is 2. The van der Waals surface area contributed by atoms with E-state index in [1.54, 1.807) is 6.92 Å². The van der Waals surface area contributed by atoms with Gasteiger partial charge in [0.2, 0.25) is 15.9 Å². The molecule has 3 rings (SSSR count). The number of fused-ring (bicyclic) bond motifs is 1. The van der Waals surface area contributed by atoms with E-state index in [1.165, 1.54) is 17.2 Å². The van der Waals surface area contributed by atoms with Crippen LogP contribution >= 0.6 is 0 Å². The molecule has 31 heavy (non-hydrogen) atoms. The molecule has 0 saturated carbocycles. The van der Waals surface area contributed by atoms with Crippen LogP contribution in [0.15, 0.2) is 42.5 Å². The van der Waals surface area contributed by atoms with Gasteiger partial charge in [0.25, 0.3) is 0 Å². The summed E-state index contributed by atoms with van der Waals surface area (Å²) >= 11 is 0. The molecule has 1 aliphatic rings. The predicted octanol–water partition coefficient (Wildman–Crippen LogP) is 4.23. The maximum atomic E-state index is 13.0. The molecule has 0 radical (unpaired) electrons. The third kappa shape index (κ3) is 5.78. The Morgan fingerprint density at radius 3 is 2.42 bits per heavy atom. The van der Waals surface area contributed by atoms with E-state index in [9.17, 15) is 26.4 Å². The van der Waals surface area contributed by atoms with Gasteiger partial charge >= 0.3 is 6.18 Å². The standard InChI is InChI=1S/C22H25F3N2O3S/c1-15(17-11-10-16-6-3-4-7-18(16)12-17)26-21(28)14-27(31(2,29)30)20-9-5-8-19(13-20)22(23,24)25/h5,8-13,15H,3-4,6-7,14H2,1-2H3,(H,26,28)/t15-/m0/s1. The van der Waals surface area contributed by atoms with Gasteiger partial charge in [-0.2, -0.15) is 13.2 Å². The zero-order valence-electron chi connectivity index (χ0n) is 17.4. The number of amides is 1. The van der Waals surface area contributed by atoms with Gasteiger partial charge in [0.05, 0.1) is 23.5 Å². The van der Waals surface area contributed by atoms with Gasteiger partial charge in [0.15, 0.2) is 0 Å². The summed E-state index contributed by atoms with van der Waals surface area (Å²) in [5.74, 6) is -0.604. The van der Waals surface area contributed by atoms with Crippen molar-refractivity contribution in [3.63, 3.8) is 0 Å². The van der Waals surface area contributed by atoms with Gasteiger partial charge in [-0.25, -0.2) is 8.42 Å². The first-order chi connectivity index (χ1) is 14.4. The fourth-order valence-corrected chi connectivity index (χ4v) is 4.61. The summed E-state index contributed by atoms with van der Waals surface area (Å²) < 4.78 is 64.2. The number of benzene rings is 2. The molecule has 0 unspecified atom stereocenters. The lowest BCUT2D eigenvalue weighted by atomic mass is 9.89. The number of anilines is 1. The van der Waals surface area contributed by atoms with Crippen molar-refractivity contribution in [2.24, 2.45) is 0 Å². The number of carbonyl (C=O) groups excluding carboxylic acids is 1. The van der Waals surface area contributed by atoms with E-state index in [4.69, 9.17) is 0 Å². The minimum Gasteiger partial charge on any atom is -0.348 e. The quantitative estimate of drug-likeness (QED) is 0.711. The van der Waals surface area contributed by atoms with Crippen LogP contribution < -0.4 is 9.62 Å². The molecule has 1 N–H and O–H groups in total. The summed E-state index contributed by atoms with van der Waals surface area (Å²) in [6.07, 6.45) is 0.542. The van der Waals surface area contributed by atoms with Gasteiger partial charge in [-0.3, -0.25) is 9.10 Å². The zero-order valence-corrected chi connectivity index (χ0v) is 18.2. The molecule has 0 heterocycles. The van der Waals surface area contributed by atoms with Crippen LogP contribution in [0.2, 0.25) is 0 Å². The summed E-state index contributed by atoms with van der Waals surface area (Å²) in [7, 11) is -3.98. The van der Waals surface area contributed by atoms with Gasteiger partial charge in [0.1, 0.15) is 6.54 Å². The van der Waals surface area contributed by atoms with Crippen LogP contribution in [0.4, 0.5) is 18.9 Å². The maximum Gasteiger partial charge on any atom is 0.416 e. The zero-order chi connectivity index (χ0) is 22.8. The molecule has 2 aromatic carbocycles. The third-order valence-electron chi connectivity index (χ3n) is 5.40. The molecule has 0 bridgehead atoms. The Kier molecular flexibility index (Phi) is 6.64. The Bertz CT molecular complexity index is 1070. The fraction of sp³-hybridized carbons (Fsp3) is 0.409. The highest BCUT2D eigenvalue weighted by Gasteiger charge is 2.32. The summed E-state index contributed by atoms with van der Waals surface area (Å²) in [4.78, 5) is 12.6. The topological polar surface area (TPSA) is 66.5 Å². The first kappa shape index (κ1) is 23.1. The van der Waals surface area contributed by atoms with Crippen molar-refractivity contribution in [3.05, 3.63) is 64.7 Å². The Morgan fingerprint density at radius 1 is 1.10 bits per heavy atom. The molecule has 0 aromatic heterocycles. The number of rotatable bonds is 6. The van der Waals surface area contributed by atoms with Gasteiger partial charge in [-0.1, -0.05) is 24.3 Å². The molecule has 1 aliphatic carbocycles. The van der Waals surface area contributed by atoms with Gasteiger partial charge in [-0.05, 0) is 67.5 Å². The Labute approximate surface area is 180 Å².